The van der Waals surface area contributed by atoms with Crippen LogP contribution in [0.2, 0.25) is 0 Å². The summed E-state index contributed by atoms with van der Waals surface area (Å²) in [4.78, 5) is 2.30. The second kappa shape index (κ2) is 8.40. The van der Waals surface area contributed by atoms with Crippen LogP contribution in [0.5, 0.6) is 0 Å². The number of benzene rings is 1. The molecular weight excluding hydrogens is 250 g/mol. The number of nitrogens with zero attached hydrogens (tertiary/aromatic N) is 1. The topological polar surface area (TPSA) is 32.7 Å². The van der Waals surface area contributed by atoms with E-state index in [0.717, 1.165) is 24.1 Å². The molecule has 0 aromatic heterocycles. The molecular formula is C17H29NO2. The smallest absolute Gasteiger partial charge is 0.0919 e. The third-order valence-corrected chi connectivity index (χ3v) is 4.00. The zero-order chi connectivity index (χ0) is 15.1. The van der Waals surface area contributed by atoms with Crippen molar-refractivity contribution in [2.24, 2.45) is 0 Å². The van der Waals surface area contributed by atoms with Gasteiger partial charge in [-0.1, -0.05) is 30.7 Å². The van der Waals surface area contributed by atoms with Crippen LogP contribution in [-0.2, 0) is 4.74 Å². The van der Waals surface area contributed by atoms with Gasteiger partial charge in [0.15, 0.2) is 0 Å². The average Bonchev–Trinajstić information content (AvgIpc) is 2.44. The number of aliphatic hydroxyl groups excluding tert-OH is 1. The fraction of sp³-hybridized carbons (Fsp3) is 0.647. The fourth-order valence-corrected chi connectivity index (χ4v) is 2.40. The van der Waals surface area contributed by atoms with E-state index in [1.165, 1.54) is 5.56 Å². The van der Waals surface area contributed by atoms with E-state index < -0.39 is 6.10 Å². The highest BCUT2D eigenvalue weighted by Crippen LogP contribution is 2.21. The van der Waals surface area contributed by atoms with Crippen molar-refractivity contribution in [3.8, 4) is 0 Å². The molecule has 20 heavy (non-hydrogen) atoms. The molecule has 1 N–H and O–H groups in total. The Hall–Kier alpha value is -0.900. The molecule has 0 aliphatic heterocycles. The number of aliphatic hydroxyl groups is 1. The molecule has 0 aliphatic carbocycles. The summed E-state index contributed by atoms with van der Waals surface area (Å²) in [5.74, 6) is 0. The lowest BCUT2D eigenvalue weighted by molar-refractivity contribution is 0.0665. The molecule has 0 radical (unpaired) electrons. The summed E-state index contributed by atoms with van der Waals surface area (Å²) in [6.45, 7) is 10.7. The van der Waals surface area contributed by atoms with Crippen molar-refractivity contribution in [3.05, 3.63) is 34.9 Å². The Balaban J connectivity index is 2.78. The van der Waals surface area contributed by atoms with Crippen molar-refractivity contribution >= 4 is 0 Å². The Kier molecular flexibility index (Phi) is 7.20. The average molecular weight is 279 g/mol. The first kappa shape index (κ1) is 17.2. The third kappa shape index (κ3) is 4.89. The van der Waals surface area contributed by atoms with E-state index in [4.69, 9.17) is 4.74 Å². The molecule has 0 saturated carbocycles. The Labute approximate surface area is 123 Å². The van der Waals surface area contributed by atoms with Gasteiger partial charge >= 0.3 is 0 Å². The highest BCUT2D eigenvalue weighted by atomic mass is 16.5. The third-order valence-electron chi connectivity index (χ3n) is 4.00. The van der Waals surface area contributed by atoms with E-state index >= 15 is 0 Å². The second-order valence-corrected chi connectivity index (χ2v) is 5.62. The summed E-state index contributed by atoms with van der Waals surface area (Å²) in [5.41, 5.74) is 3.38. The molecule has 1 aromatic carbocycles. The summed E-state index contributed by atoms with van der Waals surface area (Å²) in [6.07, 6.45) is 0.629. The van der Waals surface area contributed by atoms with Crippen LogP contribution in [0.1, 0.15) is 43.1 Å². The highest BCUT2D eigenvalue weighted by molar-refractivity contribution is 5.32. The van der Waals surface area contributed by atoms with Crippen LogP contribution in [0, 0.1) is 13.8 Å². The van der Waals surface area contributed by atoms with E-state index in [2.05, 4.69) is 50.8 Å². The van der Waals surface area contributed by atoms with E-state index in [-0.39, 0.29) is 0 Å². The Morgan fingerprint density at radius 3 is 2.60 bits per heavy atom. The molecule has 0 spiro atoms. The maximum Gasteiger partial charge on any atom is 0.0919 e. The Bertz CT molecular complexity index is 406. The number of ether oxygens (including phenoxy) is 1. The van der Waals surface area contributed by atoms with Crippen LogP contribution in [0.15, 0.2) is 18.2 Å². The molecule has 1 aromatic rings. The highest BCUT2D eigenvalue weighted by Gasteiger charge is 2.18. The van der Waals surface area contributed by atoms with Gasteiger partial charge < -0.3 is 9.84 Å². The maximum atomic E-state index is 10.6. The molecule has 0 saturated heterocycles. The van der Waals surface area contributed by atoms with E-state index in [9.17, 15) is 5.11 Å². The number of aryl methyl sites for hydroxylation is 2. The normalized spacial score (nSPS) is 14.6. The molecule has 0 aliphatic rings. The Morgan fingerprint density at radius 2 is 2.00 bits per heavy atom. The van der Waals surface area contributed by atoms with Crippen LogP contribution in [0.4, 0.5) is 0 Å². The lowest BCUT2D eigenvalue weighted by atomic mass is 10.00. The fourth-order valence-electron chi connectivity index (χ4n) is 2.40. The van der Waals surface area contributed by atoms with Crippen LogP contribution in [0.3, 0.4) is 0 Å². The molecule has 3 heteroatoms. The van der Waals surface area contributed by atoms with Gasteiger partial charge in [-0.3, -0.25) is 4.90 Å². The first-order valence-corrected chi connectivity index (χ1v) is 7.47. The predicted octanol–water partition coefficient (Wildman–Crippen LogP) is 3.08. The minimum Gasteiger partial charge on any atom is -0.387 e. The number of hydrogen-bond donors (Lipinski definition) is 1. The van der Waals surface area contributed by atoms with Gasteiger partial charge in [-0.05, 0) is 38.3 Å². The maximum absolute atomic E-state index is 10.6. The zero-order valence-electron chi connectivity index (χ0n) is 13.5. The zero-order valence-corrected chi connectivity index (χ0v) is 13.5. The van der Waals surface area contributed by atoms with Crippen molar-refractivity contribution in [1.82, 2.24) is 4.90 Å². The van der Waals surface area contributed by atoms with E-state index in [0.29, 0.717) is 19.2 Å². The standard InChI is InChI=1S/C17H29NO2/c1-6-15(4)18(9-10-20-5)12-17(19)16-11-13(2)7-8-14(16)3/h7-8,11,15,17,19H,6,9-10,12H2,1-5H3. The van der Waals surface area contributed by atoms with E-state index in [1.54, 1.807) is 7.11 Å². The lowest BCUT2D eigenvalue weighted by Gasteiger charge is -2.30. The van der Waals surface area contributed by atoms with Gasteiger partial charge in [-0.2, -0.15) is 0 Å². The molecule has 3 nitrogen and oxygen atoms in total. The van der Waals surface area contributed by atoms with Gasteiger partial charge in [-0.25, -0.2) is 0 Å². The number of hydrogen-bond acceptors (Lipinski definition) is 3. The van der Waals surface area contributed by atoms with Crippen molar-refractivity contribution in [3.63, 3.8) is 0 Å². The van der Waals surface area contributed by atoms with Gasteiger partial charge in [0, 0.05) is 26.2 Å². The van der Waals surface area contributed by atoms with Gasteiger partial charge in [0.25, 0.3) is 0 Å². The SMILES string of the molecule is CCC(C)N(CCOC)CC(O)c1cc(C)ccc1C. The van der Waals surface area contributed by atoms with Crippen LogP contribution in [-0.4, -0.2) is 42.9 Å². The van der Waals surface area contributed by atoms with E-state index in [1.807, 2.05) is 0 Å². The summed E-state index contributed by atoms with van der Waals surface area (Å²) in [6, 6.07) is 6.70. The number of rotatable bonds is 8. The lowest BCUT2D eigenvalue weighted by Crippen LogP contribution is -2.38. The molecule has 114 valence electrons. The molecule has 0 amide bonds. The molecule has 0 heterocycles. The monoisotopic (exact) mass is 279 g/mol. The molecule has 2 atom stereocenters. The van der Waals surface area contributed by atoms with Crippen molar-refractivity contribution in [2.45, 2.75) is 46.3 Å². The minimum atomic E-state index is -0.444. The quantitative estimate of drug-likeness (QED) is 0.794. The first-order chi connectivity index (χ1) is 9.49. The molecule has 0 fully saturated rings. The predicted molar refractivity (Wildman–Crippen MR) is 84.1 cm³/mol. The first-order valence-electron chi connectivity index (χ1n) is 7.47. The van der Waals surface area contributed by atoms with Crippen LogP contribution < -0.4 is 0 Å². The summed E-state index contributed by atoms with van der Waals surface area (Å²) >= 11 is 0. The number of methoxy groups -OCH3 is 1. The van der Waals surface area contributed by atoms with Gasteiger partial charge in [0.2, 0.25) is 0 Å². The van der Waals surface area contributed by atoms with Crippen molar-refractivity contribution in [1.29, 1.82) is 0 Å². The minimum absolute atomic E-state index is 0.444. The molecule has 2 unspecified atom stereocenters. The second-order valence-electron chi connectivity index (χ2n) is 5.62. The molecule has 1 rings (SSSR count). The largest absolute Gasteiger partial charge is 0.387 e. The summed E-state index contributed by atoms with van der Waals surface area (Å²) in [7, 11) is 1.72. The summed E-state index contributed by atoms with van der Waals surface area (Å²) in [5, 5.41) is 10.6. The van der Waals surface area contributed by atoms with Crippen LogP contribution in [0.25, 0.3) is 0 Å². The van der Waals surface area contributed by atoms with Crippen LogP contribution >= 0.6 is 0 Å². The van der Waals surface area contributed by atoms with Gasteiger partial charge in [0.05, 0.1) is 12.7 Å². The van der Waals surface area contributed by atoms with Gasteiger partial charge in [0.1, 0.15) is 0 Å². The summed E-state index contributed by atoms with van der Waals surface area (Å²) < 4.78 is 5.17. The van der Waals surface area contributed by atoms with Crippen molar-refractivity contribution < 1.29 is 9.84 Å². The molecule has 0 bridgehead atoms. The van der Waals surface area contributed by atoms with Gasteiger partial charge in [-0.15, -0.1) is 0 Å². The van der Waals surface area contributed by atoms with Crippen molar-refractivity contribution in [2.75, 3.05) is 26.8 Å². The Morgan fingerprint density at radius 1 is 1.30 bits per heavy atom.